The molecule has 0 aromatic heterocycles. The van der Waals surface area contributed by atoms with Crippen molar-refractivity contribution in [2.75, 3.05) is 13.1 Å². The van der Waals surface area contributed by atoms with Crippen molar-refractivity contribution < 1.29 is 9.72 Å². The van der Waals surface area contributed by atoms with Gasteiger partial charge < -0.3 is 10.6 Å². The molecule has 6 nitrogen and oxygen atoms in total. The van der Waals surface area contributed by atoms with Crippen molar-refractivity contribution in [2.24, 2.45) is 17.6 Å². The standard InChI is InChI=1S/C14H16BrN3O3/c15-12-5-9(18(20)21)2-3-10(12)14(19)17-6-8-1-4-13(16)11(8)7-17/h2-3,5,8,11,13H,1,4,6-7,16H2. The lowest BCUT2D eigenvalue weighted by molar-refractivity contribution is -0.384. The second-order valence-electron chi connectivity index (χ2n) is 5.80. The van der Waals surface area contributed by atoms with Crippen molar-refractivity contribution in [3.05, 3.63) is 38.3 Å². The number of non-ortho nitro benzene ring substituents is 1. The molecular weight excluding hydrogens is 338 g/mol. The Morgan fingerprint density at radius 3 is 2.76 bits per heavy atom. The van der Waals surface area contributed by atoms with E-state index >= 15 is 0 Å². The van der Waals surface area contributed by atoms with Gasteiger partial charge in [-0.3, -0.25) is 14.9 Å². The summed E-state index contributed by atoms with van der Waals surface area (Å²) in [5, 5.41) is 10.7. The molecule has 1 aliphatic heterocycles. The van der Waals surface area contributed by atoms with Crippen LogP contribution in [0.4, 0.5) is 5.69 Å². The first-order valence-electron chi connectivity index (χ1n) is 6.96. The van der Waals surface area contributed by atoms with Gasteiger partial charge in [0, 0.05) is 35.7 Å². The molecule has 112 valence electrons. The molecule has 1 saturated carbocycles. The fraction of sp³-hybridized carbons (Fsp3) is 0.500. The van der Waals surface area contributed by atoms with E-state index in [-0.39, 0.29) is 17.6 Å². The lowest BCUT2D eigenvalue weighted by Crippen LogP contribution is -2.33. The molecule has 3 rings (SSSR count). The molecule has 1 aromatic rings. The third kappa shape index (κ3) is 2.55. The van der Waals surface area contributed by atoms with Crippen LogP contribution in [0.3, 0.4) is 0 Å². The minimum absolute atomic E-state index is 0.0289. The van der Waals surface area contributed by atoms with E-state index in [0.29, 0.717) is 28.4 Å². The second-order valence-corrected chi connectivity index (χ2v) is 6.65. The predicted octanol–water partition coefficient (Wildman–Crippen LogP) is 2.17. The first kappa shape index (κ1) is 14.5. The minimum Gasteiger partial charge on any atom is -0.338 e. The number of fused-ring (bicyclic) bond motifs is 1. The number of rotatable bonds is 2. The van der Waals surface area contributed by atoms with Gasteiger partial charge in [0.2, 0.25) is 0 Å². The van der Waals surface area contributed by atoms with E-state index in [9.17, 15) is 14.9 Å². The molecule has 21 heavy (non-hydrogen) atoms. The number of halogens is 1. The lowest BCUT2D eigenvalue weighted by Gasteiger charge is -2.19. The number of nitro groups is 1. The number of hydrogen-bond donors (Lipinski definition) is 1. The average molecular weight is 354 g/mol. The Morgan fingerprint density at radius 1 is 1.38 bits per heavy atom. The Morgan fingerprint density at radius 2 is 2.14 bits per heavy atom. The molecule has 3 unspecified atom stereocenters. The maximum absolute atomic E-state index is 12.6. The van der Waals surface area contributed by atoms with Gasteiger partial charge in [-0.1, -0.05) is 0 Å². The van der Waals surface area contributed by atoms with Crippen LogP contribution < -0.4 is 5.73 Å². The van der Waals surface area contributed by atoms with Gasteiger partial charge in [-0.05, 0) is 46.7 Å². The van der Waals surface area contributed by atoms with E-state index in [0.717, 1.165) is 19.4 Å². The van der Waals surface area contributed by atoms with E-state index in [4.69, 9.17) is 5.73 Å². The third-order valence-corrected chi connectivity index (χ3v) is 5.25. The zero-order valence-corrected chi connectivity index (χ0v) is 13.0. The normalized spacial score (nSPS) is 27.7. The van der Waals surface area contributed by atoms with Crippen LogP contribution in [0.25, 0.3) is 0 Å². The molecule has 1 aliphatic carbocycles. The fourth-order valence-electron chi connectivity index (χ4n) is 3.43. The van der Waals surface area contributed by atoms with Crippen molar-refractivity contribution in [3.8, 4) is 0 Å². The molecule has 2 aliphatic rings. The summed E-state index contributed by atoms with van der Waals surface area (Å²) in [6, 6.07) is 4.43. The van der Waals surface area contributed by atoms with Crippen LogP contribution in [0, 0.1) is 22.0 Å². The van der Waals surface area contributed by atoms with Gasteiger partial charge in [-0.2, -0.15) is 0 Å². The van der Waals surface area contributed by atoms with E-state index in [2.05, 4.69) is 15.9 Å². The van der Waals surface area contributed by atoms with Gasteiger partial charge in [0.05, 0.1) is 10.5 Å². The summed E-state index contributed by atoms with van der Waals surface area (Å²) < 4.78 is 0.461. The van der Waals surface area contributed by atoms with E-state index < -0.39 is 4.92 Å². The Kier molecular flexibility index (Phi) is 3.71. The molecule has 2 fully saturated rings. The first-order valence-corrected chi connectivity index (χ1v) is 7.75. The smallest absolute Gasteiger partial charge is 0.270 e. The monoisotopic (exact) mass is 353 g/mol. The van der Waals surface area contributed by atoms with Crippen molar-refractivity contribution in [1.82, 2.24) is 4.90 Å². The number of hydrogen-bond acceptors (Lipinski definition) is 4. The molecule has 2 N–H and O–H groups in total. The van der Waals surface area contributed by atoms with Crippen LogP contribution >= 0.6 is 15.9 Å². The van der Waals surface area contributed by atoms with Gasteiger partial charge >= 0.3 is 0 Å². The number of amides is 1. The molecule has 1 saturated heterocycles. The SMILES string of the molecule is NC1CCC2CN(C(=O)c3ccc([N+](=O)[O-])cc3Br)CC12. The number of nitro benzene ring substituents is 1. The molecule has 7 heteroatoms. The highest BCUT2D eigenvalue weighted by atomic mass is 79.9. The van der Waals surface area contributed by atoms with Crippen molar-refractivity contribution in [2.45, 2.75) is 18.9 Å². The van der Waals surface area contributed by atoms with Crippen molar-refractivity contribution in [1.29, 1.82) is 0 Å². The van der Waals surface area contributed by atoms with Gasteiger partial charge in [0.15, 0.2) is 0 Å². The van der Waals surface area contributed by atoms with Gasteiger partial charge in [-0.15, -0.1) is 0 Å². The third-order valence-electron chi connectivity index (χ3n) is 4.59. The van der Waals surface area contributed by atoms with Crippen LogP contribution in [0.2, 0.25) is 0 Å². The molecule has 1 heterocycles. The highest BCUT2D eigenvalue weighted by molar-refractivity contribution is 9.10. The maximum Gasteiger partial charge on any atom is 0.270 e. The molecule has 3 atom stereocenters. The number of carbonyl (C=O) groups is 1. The van der Waals surface area contributed by atoms with Gasteiger partial charge in [-0.25, -0.2) is 0 Å². The fourth-order valence-corrected chi connectivity index (χ4v) is 3.97. The topological polar surface area (TPSA) is 89.5 Å². The van der Waals surface area contributed by atoms with Crippen LogP contribution in [-0.4, -0.2) is 34.9 Å². The number of benzene rings is 1. The predicted molar refractivity (Wildman–Crippen MR) is 80.9 cm³/mol. The Bertz CT molecular complexity index is 607. The van der Waals surface area contributed by atoms with Gasteiger partial charge in [0.25, 0.3) is 11.6 Å². The van der Waals surface area contributed by atoms with Crippen molar-refractivity contribution >= 4 is 27.5 Å². The second kappa shape index (κ2) is 5.38. The quantitative estimate of drug-likeness (QED) is 0.651. The summed E-state index contributed by atoms with van der Waals surface area (Å²) in [7, 11) is 0. The summed E-state index contributed by atoms with van der Waals surface area (Å²) in [5.74, 6) is 0.810. The van der Waals surface area contributed by atoms with Crippen LogP contribution in [0.1, 0.15) is 23.2 Å². The Labute approximate surface area is 130 Å². The van der Waals surface area contributed by atoms with Crippen molar-refractivity contribution in [3.63, 3.8) is 0 Å². The minimum atomic E-state index is -0.474. The summed E-state index contributed by atoms with van der Waals surface area (Å²) in [6.07, 6.45) is 2.12. The molecular formula is C14H16BrN3O3. The lowest BCUT2D eigenvalue weighted by atomic mass is 9.98. The largest absolute Gasteiger partial charge is 0.338 e. The van der Waals surface area contributed by atoms with Gasteiger partial charge in [0.1, 0.15) is 0 Å². The molecule has 1 aromatic carbocycles. The number of nitrogens with zero attached hydrogens (tertiary/aromatic N) is 2. The molecule has 1 amide bonds. The number of carbonyl (C=O) groups excluding carboxylic acids is 1. The average Bonchev–Trinajstić information content (AvgIpc) is 3.00. The maximum atomic E-state index is 12.6. The summed E-state index contributed by atoms with van der Waals surface area (Å²) in [4.78, 5) is 24.7. The highest BCUT2D eigenvalue weighted by Crippen LogP contribution is 2.38. The van der Waals surface area contributed by atoms with Crippen LogP contribution in [0.5, 0.6) is 0 Å². The molecule has 0 spiro atoms. The number of nitrogens with two attached hydrogens (primary N) is 1. The molecule has 0 bridgehead atoms. The number of likely N-dealkylation sites (tertiary alicyclic amines) is 1. The molecule has 0 radical (unpaired) electrons. The first-order chi connectivity index (χ1) is 9.97. The summed E-state index contributed by atoms with van der Waals surface area (Å²) in [6.45, 7) is 1.43. The Balaban J connectivity index is 1.79. The van der Waals surface area contributed by atoms with Crippen LogP contribution in [-0.2, 0) is 0 Å². The zero-order chi connectivity index (χ0) is 15.1. The summed E-state index contributed by atoms with van der Waals surface area (Å²) >= 11 is 3.26. The highest BCUT2D eigenvalue weighted by Gasteiger charge is 2.42. The Hall–Kier alpha value is -1.47. The van der Waals surface area contributed by atoms with E-state index in [1.807, 2.05) is 4.90 Å². The van der Waals surface area contributed by atoms with E-state index in [1.165, 1.54) is 18.2 Å². The summed E-state index contributed by atoms with van der Waals surface area (Å²) in [5.41, 5.74) is 6.52. The van der Waals surface area contributed by atoms with E-state index in [1.54, 1.807) is 0 Å². The zero-order valence-electron chi connectivity index (χ0n) is 11.4. The van der Waals surface area contributed by atoms with Crippen LogP contribution in [0.15, 0.2) is 22.7 Å².